The lowest BCUT2D eigenvalue weighted by Crippen LogP contribution is -2.50. The number of hydrogen-bond acceptors (Lipinski definition) is 3. The minimum atomic E-state index is -0.513. The monoisotopic (exact) mass is 494 g/mol. The molecule has 0 fully saturated rings. The zero-order valence-electron chi connectivity index (χ0n) is 19.2. The lowest BCUT2D eigenvalue weighted by molar-refractivity contribution is -0.139. The Morgan fingerprint density at radius 3 is 2.44 bits per heavy atom. The van der Waals surface area contributed by atoms with Gasteiger partial charge in [-0.15, -0.1) is 11.8 Å². The SMILES string of the molecule is CC[C@@H](C(=O)NCC(C)C)N(Cc1ccccc1C)C(=O)CSCc1ccc(Cl)cc1Cl. The molecule has 1 atom stereocenters. The van der Waals surface area contributed by atoms with E-state index < -0.39 is 6.04 Å². The average molecular weight is 496 g/mol. The van der Waals surface area contributed by atoms with E-state index in [9.17, 15) is 9.59 Å². The van der Waals surface area contributed by atoms with Crippen LogP contribution in [0.25, 0.3) is 0 Å². The number of rotatable bonds is 11. The third kappa shape index (κ3) is 8.02. The van der Waals surface area contributed by atoms with Crippen LogP contribution in [0.2, 0.25) is 10.0 Å². The van der Waals surface area contributed by atoms with E-state index in [0.717, 1.165) is 16.7 Å². The molecule has 0 aliphatic heterocycles. The maximum absolute atomic E-state index is 13.3. The zero-order chi connectivity index (χ0) is 23.7. The second kappa shape index (κ2) is 13.1. The molecular formula is C25H32Cl2N2O2S. The number of nitrogens with one attached hydrogen (secondary N) is 1. The molecule has 0 bridgehead atoms. The molecule has 0 saturated heterocycles. The molecule has 2 aromatic carbocycles. The minimum absolute atomic E-state index is 0.0603. The van der Waals surface area contributed by atoms with Gasteiger partial charge in [0.15, 0.2) is 0 Å². The third-order valence-electron chi connectivity index (χ3n) is 5.17. The fraction of sp³-hybridized carbons (Fsp3) is 0.440. The van der Waals surface area contributed by atoms with Crippen molar-refractivity contribution in [2.24, 2.45) is 5.92 Å². The molecule has 32 heavy (non-hydrogen) atoms. The molecule has 2 rings (SSSR count). The maximum Gasteiger partial charge on any atom is 0.242 e. The lowest BCUT2D eigenvalue weighted by atomic mass is 10.1. The Hall–Kier alpha value is -1.69. The molecule has 7 heteroatoms. The number of carbonyl (C=O) groups excluding carboxylic acids is 2. The van der Waals surface area contributed by atoms with Crippen LogP contribution in [0.1, 0.15) is 43.9 Å². The average Bonchev–Trinajstić information content (AvgIpc) is 2.74. The number of halogens is 2. The quantitative estimate of drug-likeness (QED) is 0.409. The highest BCUT2D eigenvalue weighted by Crippen LogP contribution is 2.25. The van der Waals surface area contributed by atoms with Gasteiger partial charge >= 0.3 is 0 Å². The Balaban J connectivity index is 2.15. The first-order valence-corrected chi connectivity index (χ1v) is 12.8. The predicted octanol–water partition coefficient (Wildman–Crippen LogP) is 6.11. The summed E-state index contributed by atoms with van der Waals surface area (Å²) in [6.07, 6.45) is 0.551. The Morgan fingerprint density at radius 1 is 1.09 bits per heavy atom. The van der Waals surface area contributed by atoms with Gasteiger partial charge in [-0.1, -0.05) is 74.3 Å². The minimum Gasteiger partial charge on any atom is -0.354 e. The predicted molar refractivity (Wildman–Crippen MR) is 136 cm³/mol. The first-order valence-electron chi connectivity index (χ1n) is 10.9. The number of hydrogen-bond donors (Lipinski definition) is 1. The normalized spacial score (nSPS) is 12.0. The van der Waals surface area contributed by atoms with Crippen LogP contribution in [0.5, 0.6) is 0 Å². The summed E-state index contributed by atoms with van der Waals surface area (Å²) in [6.45, 7) is 9.06. The fourth-order valence-corrected chi connectivity index (χ4v) is 4.75. The van der Waals surface area contributed by atoms with Gasteiger partial charge in [-0.2, -0.15) is 0 Å². The van der Waals surface area contributed by atoms with Crippen molar-refractivity contribution in [3.8, 4) is 0 Å². The highest BCUT2D eigenvalue weighted by atomic mass is 35.5. The molecule has 0 radical (unpaired) electrons. The van der Waals surface area contributed by atoms with Crippen molar-refractivity contribution in [2.45, 2.75) is 52.5 Å². The van der Waals surface area contributed by atoms with Gasteiger partial charge in [0.05, 0.1) is 5.75 Å². The highest BCUT2D eigenvalue weighted by molar-refractivity contribution is 7.99. The van der Waals surface area contributed by atoms with E-state index in [4.69, 9.17) is 23.2 Å². The summed E-state index contributed by atoms with van der Waals surface area (Å²) in [5, 5.41) is 4.17. The molecule has 1 N–H and O–H groups in total. The molecule has 0 heterocycles. The van der Waals surface area contributed by atoms with Gasteiger partial charge in [-0.3, -0.25) is 9.59 Å². The lowest BCUT2D eigenvalue weighted by Gasteiger charge is -2.31. The Labute approximate surface area is 206 Å². The smallest absolute Gasteiger partial charge is 0.242 e. The molecule has 2 amide bonds. The summed E-state index contributed by atoms with van der Waals surface area (Å²) in [5.74, 6) is 1.04. The molecule has 0 unspecified atom stereocenters. The van der Waals surface area contributed by atoms with Crippen LogP contribution in [-0.2, 0) is 21.9 Å². The summed E-state index contributed by atoms with van der Waals surface area (Å²) in [4.78, 5) is 27.9. The van der Waals surface area contributed by atoms with Crippen LogP contribution in [0.4, 0.5) is 0 Å². The second-order valence-electron chi connectivity index (χ2n) is 8.24. The molecule has 0 saturated carbocycles. The van der Waals surface area contributed by atoms with E-state index in [2.05, 4.69) is 19.2 Å². The first-order chi connectivity index (χ1) is 15.2. The van der Waals surface area contributed by atoms with Crippen LogP contribution in [0.15, 0.2) is 42.5 Å². The molecule has 0 aliphatic carbocycles. The largest absolute Gasteiger partial charge is 0.354 e. The summed E-state index contributed by atoms with van der Waals surface area (Å²) in [7, 11) is 0. The highest BCUT2D eigenvalue weighted by Gasteiger charge is 2.28. The van der Waals surface area contributed by atoms with Gasteiger partial charge in [0.1, 0.15) is 6.04 Å². The van der Waals surface area contributed by atoms with E-state index in [-0.39, 0.29) is 17.6 Å². The summed E-state index contributed by atoms with van der Waals surface area (Å²) in [5.41, 5.74) is 3.08. The molecule has 2 aromatic rings. The van der Waals surface area contributed by atoms with Crippen molar-refractivity contribution < 1.29 is 9.59 Å². The van der Waals surface area contributed by atoms with Gasteiger partial charge in [0.25, 0.3) is 0 Å². The number of nitrogens with zero attached hydrogens (tertiary/aromatic N) is 1. The van der Waals surface area contributed by atoms with Gasteiger partial charge in [0.2, 0.25) is 11.8 Å². The van der Waals surface area contributed by atoms with Crippen LogP contribution in [0.3, 0.4) is 0 Å². The van der Waals surface area contributed by atoms with Crippen LogP contribution in [-0.4, -0.2) is 35.1 Å². The molecular weight excluding hydrogens is 463 g/mol. The Morgan fingerprint density at radius 2 is 1.81 bits per heavy atom. The van der Waals surface area contributed by atoms with E-state index in [0.29, 0.717) is 41.2 Å². The van der Waals surface area contributed by atoms with Crippen molar-refractivity contribution >= 4 is 46.8 Å². The molecule has 0 spiro atoms. The van der Waals surface area contributed by atoms with Crippen LogP contribution in [0, 0.1) is 12.8 Å². The number of carbonyl (C=O) groups is 2. The van der Waals surface area contributed by atoms with Crippen molar-refractivity contribution in [1.29, 1.82) is 0 Å². The van der Waals surface area contributed by atoms with Crippen molar-refractivity contribution in [2.75, 3.05) is 12.3 Å². The molecule has 0 aromatic heterocycles. The van der Waals surface area contributed by atoms with Crippen LogP contribution >= 0.6 is 35.0 Å². The third-order valence-corrected chi connectivity index (χ3v) is 6.72. The summed E-state index contributed by atoms with van der Waals surface area (Å²) < 4.78 is 0. The Bertz CT molecular complexity index is 921. The van der Waals surface area contributed by atoms with Crippen molar-refractivity contribution in [1.82, 2.24) is 10.2 Å². The second-order valence-corrected chi connectivity index (χ2v) is 10.1. The van der Waals surface area contributed by atoms with Gasteiger partial charge in [-0.25, -0.2) is 0 Å². The zero-order valence-corrected chi connectivity index (χ0v) is 21.5. The topological polar surface area (TPSA) is 49.4 Å². The molecule has 4 nitrogen and oxygen atoms in total. The van der Waals surface area contributed by atoms with Gasteiger partial charge in [-0.05, 0) is 48.1 Å². The molecule has 174 valence electrons. The number of benzene rings is 2. The van der Waals surface area contributed by atoms with E-state index in [1.807, 2.05) is 44.2 Å². The Kier molecular flexibility index (Phi) is 10.9. The van der Waals surface area contributed by atoms with Crippen molar-refractivity contribution in [3.63, 3.8) is 0 Å². The van der Waals surface area contributed by atoms with E-state index in [1.165, 1.54) is 11.8 Å². The molecule has 0 aliphatic rings. The standard InChI is InChI=1S/C25H32Cl2N2O2S/c1-5-23(25(31)28-13-17(2)3)29(14-19-9-7-6-8-18(19)4)24(30)16-32-15-20-10-11-21(26)12-22(20)27/h6-12,17,23H,5,13-16H2,1-4H3,(H,28,31)/t23-/m0/s1. The van der Waals surface area contributed by atoms with Crippen LogP contribution < -0.4 is 5.32 Å². The summed E-state index contributed by atoms with van der Waals surface area (Å²) in [6, 6.07) is 12.8. The van der Waals surface area contributed by atoms with E-state index >= 15 is 0 Å². The van der Waals surface area contributed by atoms with E-state index in [1.54, 1.807) is 17.0 Å². The first kappa shape index (κ1) is 26.6. The number of amides is 2. The fourth-order valence-electron chi connectivity index (χ4n) is 3.28. The van der Waals surface area contributed by atoms with Gasteiger partial charge < -0.3 is 10.2 Å². The van der Waals surface area contributed by atoms with Gasteiger partial charge in [0, 0.05) is 28.9 Å². The number of thioether (sulfide) groups is 1. The maximum atomic E-state index is 13.3. The number of aryl methyl sites for hydroxylation is 1. The van der Waals surface area contributed by atoms with Crippen molar-refractivity contribution in [3.05, 3.63) is 69.2 Å². The summed E-state index contributed by atoms with van der Waals surface area (Å²) >= 11 is 13.7.